The van der Waals surface area contributed by atoms with Crippen molar-refractivity contribution in [3.05, 3.63) is 58.1 Å². The number of Topliss-reactive ketones (excluding diaryl/α,β-unsaturated/α-hetero) is 1. The minimum atomic E-state index is -4.61. The van der Waals surface area contributed by atoms with Crippen LogP contribution < -0.4 is 14.8 Å². The Labute approximate surface area is 162 Å². The lowest BCUT2D eigenvalue weighted by Crippen LogP contribution is -2.11. The lowest BCUT2D eigenvalue weighted by atomic mass is 10.1. The molecule has 0 radical (unpaired) electrons. The number of fused-ring (bicyclic) bond motifs is 1. The number of hydrogen-bond acceptors (Lipinski definition) is 4. The van der Waals surface area contributed by atoms with Crippen molar-refractivity contribution in [2.45, 2.75) is 13.1 Å². The molecule has 0 aromatic heterocycles. The van der Waals surface area contributed by atoms with Crippen LogP contribution >= 0.6 is 11.6 Å². The van der Waals surface area contributed by atoms with Gasteiger partial charge in [-0.3, -0.25) is 9.59 Å². The maximum absolute atomic E-state index is 12.9. The second kappa shape index (κ2) is 7.55. The van der Waals surface area contributed by atoms with Crippen LogP contribution in [0.1, 0.15) is 28.4 Å². The van der Waals surface area contributed by atoms with Gasteiger partial charge in [-0.05, 0) is 36.8 Å². The van der Waals surface area contributed by atoms with Crippen molar-refractivity contribution in [2.24, 2.45) is 0 Å². The highest BCUT2D eigenvalue weighted by atomic mass is 35.5. The summed E-state index contributed by atoms with van der Waals surface area (Å²) in [5.74, 6) is -0.175. The average molecular weight is 412 g/mol. The van der Waals surface area contributed by atoms with E-state index in [0.29, 0.717) is 11.5 Å². The topological polar surface area (TPSA) is 64.6 Å². The number of hydrogen-bond donors (Lipinski definition) is 1. The largest absolute Gasteiger partial charge is 0.454 e. The van der Waals surface area contributed by atoms with E-state index in [4.69, 9.17) is 21.1 Å². The van der Waals surface area contributed by atoms with Crippen molar-refractivity contribution in [2.75, 3.05) is 12.1 Å². The highest BCUT2D eigenvalue weighted by Crippen LogP contribution is 2.37. The molecule has 0 atom stereocenters. The van der Waals surface area contributed by atoms with E-state index in [0.717, 1.165) is 18.2 Å². The molecule has 2 aromatic rings. The number of benzene rings is 2. The first-order chi connectivity index (χ1) is 13.1. The summed E-state index contributed by atoms with van der Waals surface area (Å²) in [7, 11) is 0. The monoisotopic (exact) mass is 411 g/mol. The maximum atomic E-state index is 12.9. The van der Waals surface area contributed by atoms with E-state index in [-0.39, 0.29) is 29.4 Å². The number of amides is 1. The molecule has 0 saturated carbocycles. The molecule has 0 bridgehead atoms. The molecule has 5 nitrogen and oxygen atoms in total. The molecule has 3 rings (SSSR count). The third kappa shape index (κ3) is 4.28. The van der Waals surface area contributed by atoms with Crippen LogP contribution in [0.15, 0.2) is 36.4 Å². The molecule has 1 heterocycles. The van der Waals surface area contributed by atoms with Gasteiger partial charge in [0.25, 0.3) is 0 Å². The van der Waals surface area contributed by atoms with E-state index in [9.17, 15) is 22.8 Å². The van der Waals surface area contributed by atoms with Crippen molar-refractivity contribution < 1.29 is 32.2 Å². The Balaban J connectivity index is 1.81. The van der Waals surface area contributed by atoms with E-state index in [1.54, 1.807) is 0 Å². The second-order valence-corrected chi connectivity index (χ2v) is 6.27. The number of nitrogens with one attached hydrogen (secondary N) is 1. The number of ether oxygens (including phenoxy) is 2. The van der Waals surface area contributed by atoms with Gasteiger partial charge in [0.1, 0.15) is 0 Å². The van der Waals surface area contributed by atoms with E-state index in [1.165, 1.54) is 31.2 Å². The summed E-state index contributed by atoms with van der Waals surface area (Å²) in [6.45, 7) is 1.33. The molecule has 9 heteroatoms. The zero-order valence-corrected chi connectivity index (χ0v) is 15.1. The predicted octanol–water partition coefficient (Wildman–Crippen LogP) is 4.94. The summed E-state index contributed by atoms with van der Waals surface area (Å²) < 4.78 is 49.1. The van der Waals surface area contributed by atoms with Crippen LogP contribution in [-0.2, 0) is 11.0 Å². The van der Waals surface area contributed by atoms with Crippen LogP contribution in [0.3, 0.4) is 0 Å². The summed E-state index contributed by atoms with van der Waals surface area (Å²) >= 11 is 5.57. The van der Waals surface area contributed by atoms with Crippen LogP contribution in [0.4, 0.5) is 18.9 Å². The molecule has 146 valence electrons. The summed E-state index contributed by atoms with van der Waals surface area (Å²) in [4.78, 5) is 24.0. The number of anilines is 1. The van der Waals surface area contributed by atoms with E-state index >= 15 is 0 Å². The zero-order chi connectivity index (χ0) is 20.5. The van der Waals surface area contributed by atoms with Crippen LogP contribution in [0.5, 0.6) is 11.5 Å². The Bertz CT molecular complexity index is 986. The van der Waals surface area contributed by atoms with Gasteiger partial charge in [-0.15, -0.1) is 0 Å². The molecule has 1 aliphatic heterocycles. The van der Waals surface area contributed by atoms with Crippen molar-refractivity contribution in [1.82, 2.24) is 0 Å². The Morgan fingerprint density at radius 2 is 1.82 bits per heavy atom. The molecular weight excluding hydrogens is 399 g/mol. The first-order valence-electron chi connectivity index (χ1n) is 7.95. The number of carbonyl (C=O) groups excluding carboxylic acids is 2. The van der Waals surface area contributed by atoms with E-state index < -0.39 is 22.7 Å². The van der Waals surface area contributed by atoms with Gasteiger partial charge in [-0.2, -0.15) is 13.2 Å². The first kappa shape index (κ1) is 19.8. The summed E-state index contributed by atoms with van der Waals surface area (Å²) in [6, 6.07) is 6.21. The van der Waals surface area contributed by atoms with Gasteiger partial charge in [0.15, 0.2) is 17.3 Å². The van der Waals surface area contributed by atoms with Crippen molar-refractivity contribution >= 4 is 35.1 Å². The molecule has 1 aliphatic rings. The van der Waals surface area contributed by atoms with E-state index in [2.05, 4.69) is 5.32 Å². The summed E-state index contributed by atoms with van der Waals surface area (Å²) in [5.41, 5.74) is -0.425. The third-order valence-corrected chi connectivity index (χ3v) is 4.20. The van der Waals surface area contributed by atoms with Crippen molar-refractivity contribution in [3.63, 3.8) is 0 Å². The third-order valence-electron chi connectivity index (χ3n) is 3.87. The minimum Gasteiger partial charge on any atom is -0.454 e. The van der Waals surface area contributed by atoms with Gasteiger partial charge in [0.05, 0.1) is 16.3 Å². The van der Waals surface area contributed by atoms with Crippen molar-refractivity contribution in [1.29, 1.82) is 0 Å². The highest BCUT2D eigenvalue weighted by molar-refractivity contribution is 6.31. The molecule has 0 aliphatic carbocycles. The highest BCUT2D eigenvalue weighted by Gasteiger charge is 2.33. The number of rotatable bonds is 4. The standard InChI is InChI=1S/C19H13ClF3NO4/c1-10(25)12-7-16-17(28-9-27-16)8-15(12)24-18(26)5-3-11-2-4-14(20)13(6-11)19(21,22)23/h2-8H,9H2,1H3,(H,24,26)/b5-3-. The molecule has 1 amide bonds. The number of ketones is 1. The van der Waals surface area contributed by atoms with Crippen LogP contribution in [-0.4, -0.2) is 18.5 Å². The Morgan fingerprint density at radius 1 is 1.14 bits per heavy atom. The lowest BCUT2D eigenvalue weighted by Gasteiger charge is -2.10. The van der Waals surface area contributed by atoms with Gasteiger partial charge in [-0.25, -0.2) is 0 Å². The molecule has 0 fully saturated rings. The van der Waals surface area contributed by atoms with Crippen LogP contribution in [0.25, 0.3) is 6.08 Å². The first-order valence-corrected chi connectivity index (χ1v) is 8.33. The molecule has 0 saturated heterocycles. The molecule has 0 spiro atoms. The van der Waals surface area contributed by atoms with Crippen LogP contribution in [0.2, 0.25) is 5.02 Å². The number of alkyl halides is 3. The van der Waals surface area contributed by atoms with Gasteiger partial charge >= 0.3 is 6.18 Å². The molecule has 1 N–H and O–H groups in total. The second-order valence-electron chi connectivity index (χ2n) is 5.87. The average Bonchev–Trinajstić information content (AvgIpc) is 3.06. The molecular formula is C19H13ClF3NO4. The lowest BCUT2D eigenvalue weighted by molar-refractivity contribution is -0.137. The quantitative estimate of drug-likeness (QED) is 0.571. The molecule has 28 heavy (non-hydrogen) atoms. The SMILES string of the molecule is CC(=O)c1cc2c(cc1NC(=O)/C=C\c1ccc(Cl)c(C(F)(F)F)c1)OCO2. The fourth-order valence-corrected chi connectivity index (χ4v) is 2.77. The molecule has 2 aromatic carbocycles. The summed E-state index contributed by atoms with van der Waals surface area (Å²) in [5, 5.41) is 2.09. The Hall–Kier alpha value is -3.00. The Morgan fingerprint density at radius 3 is 2.46 bits per heavy atom. The van der Waals surface area contributed by atoms with Gasteiger partial charge in [0, 0.05) is 17.7 Å². The van der Waals surface area contributed by atoms with Crippen molar-refractivity contribution in [3.8, 4) is 11.5 Å². The van der Waals surface area contributed by atoms with E-state index in [1.807, 2.05) is 0 Å². The smallest absolute Gasteiger partial charge is 0.417 e. The van der Waals surface area contributed by atoms with Gasteiger partial charge < -0.3 is 14.8 Å². The molecule has 0 unspecified atom stereocenters. The van der Waals surface area contributed by atoms with Gasteiger partial charge in [0.2, 0.25) is 12.7 Å². The Kier molecular flexibility index (Phi) is 5.33. The predicted molar refractivity (Wildman–Crippen MR) is 96.7 cm³/mol. The zero-order valence-electron chi connectivity index (χ0n) is 14.4. The number of carbonyl (C=O) groups is 2. The van der Waals surface area contributed by atoms with Gasteiger partial charge in [-0.1, -0.05) is 17.7 Å². The maximum Gasteiger partial charge on any atom is 0.417 e. The number of halogens is 4. The fourth-order valence-electron chi connectivity index (χ4n) is 2.55. The normalized spacial score (nSPS) is 13.0. The summed E-state index contributed by atoms with van der Waals surface area (Å²) in [6.07, 6.45) is -2.34. The van der Waals surface area contributed by atoms with Crippen LogP contribution in [0, 0.1) is 0 Å². The minimum absolute atomic E-state index is 0.00207. The fraction of sp³-hybridized carbons (Fsp3) is 0.158.